The topological polar surface area (TPSA) is 82.1 Å². The standard InChI is InChI=1S/C28H30ClNO6S/c1-20(2)16-17-36-26-13-10-21(18-27(26)35-4)11-15-28(31)30(22-12-14-25(34-3)24(29)19-22)37(32,33)23-8-6-5-7-9-23/h5-15,18-20H,16-17H2,1-4H3/b15-11+. The van der Waals surface area contributed by atoms with Crippen molar-refractivity contribution in [2.45, 2.75) is 25.2 Å². The molecule has 9 heteroatoms. The number of carbonyl (C=O) groups is 1. The van der Waals surface area contributed by atoms with Crippen molar-refractivity contribution in [3.05, 3.63) is 83.4 Å². The fraction of sp³-hybridized carbons (Fsp3) is 0.250. The molecule has 0 N–H and O–H groups in total. The van der Waals surface area contributed by atoms with Gasteiger partial charge in [0.1, 0.15) is 5.75 Å². The van der Waals surface area contributed by atoms with Gasteiger partial charge in [0.2, 0.25) is 0 Å². The predicted octanol–water partition coefficient (Wildman–Crippen LogP) is 6.22. The summed E-state index contributed by atoms with van der Waals surface area (Å²) in [5.41, 5.74) is 0.710. The van der Waals surface area contributed by atoms with E-state index in [4.69, 9.17) is 25.8 Å². The van der Waals surface area contributed by atoms with Crippen molar-refractivity contribution in [2.24, 2.45) is 5.92 Å². The molecular formula is C28H30ClNO6S. The van der Waals surface area contributed by atoms with Crippen molar-refractivity contribution < 1.29 is 27.4 Å². The first-order valence-corrected chi connectivity index (χ1v) is 13.5. The van der Waals surface area contributed by atoms with Gasteiger partial charge in [0.25, 0.3) is 15.9 Å². The molecule has 0 aliphatic carbocycles. The molecule has 196 valence electrons. The Morgan fingerprint density at radius 3 is 2.24 bits per heavy atom. The highest BCUT2D eigenvalue weighted by Gasteiger charge is 2.30. The minimum absolute atomic E-state index is 0.0340. The zero-order chi connectivity index (χ0) is 27.0. The van der Waals surface area contributed by atoms with E-state index in [1.165, 1.54) is 56.7 Å². The Balaban J connectivity index is 1.94. The fourth-order valence-corrected chi connectivity index (χ4v) is 5.06. The molecule has 37 heavy (non-hydrogen) atoms. The van der Waals surface area contributed by atoms with Crippen LogP contribution in [0.1, 0.15) is 25.8 Å². The Kier molecular flexibility index (Phi) is 9.60. The lowest BCUT2D eigenvalue weighted by Gasteiger charge is -2.22. The van der Waals surface area contributed by atoms with Crippen LogP contribution in [0, 0.1) is 5.92 Å². The second kappa shape index (κ2) is 12.7. The average Bonchev–Trinajstić information content (AvgIpc) is 2.88. The summed E-state index contributed by atoms with van der Waals surface area (Å²) in [4.78, 5) is 13.3. The summed E-state index contributed by atoms with van der Waals surface area (Å²) >= 11 is 6.25. The maximum absolute atomic E-state index is 13.5. The Labute approximate surface area is 223 Å². The van der Waals surface area contributed by atoms with E-state index in [0.717, 1.165) is 6.42 Å². The van der Waals surface area contributed by atoms with Gasteiger partial charge in [-0.05, 0) is 66.4 Å². The minimum atomic E-state index is -4.24. The monoisotopic (exact) mass is 543 g/mol. The lowest BCUT2D eigenvalue weighted by molar-refractivity contribution is -0.113. The van der Waals surface area contributed by atoms with Crippen LogP contribution in [0.25, 0.3) is 6.08 Å². The normalized spacial score (nSPS) is 11.5. The zero-order valence-corrected chi connectivity index (χ0v) is 22.8. The van der Waals surface area contributed by atoms with Gasteiger partial charge < -0.3 is 14.2 Å². The number of benzene rings is 3. The Bertz CT molecular complexity index is 1360. The summed E-state index contributed by atoms with van der Waals surface area (Å²) in [6, 6.07) is 17.3. The molecule has 0 radical (unpaired) electrons. The smallest absolute Gasteiger partial charge is 0.271 e. The van der Waals surface area contributed by atoms with E-state index in [0.29, 0.717) is 39.6 Å². The van der Waals surface area contributed by atoms with Crippen LogP contribution in [-0.2, 0) is 14.8 Å². The molecular weight excluding hydrogens is 514 g/mol. The number of hydrogen-bond donors (Lipinski definition) is 0. The molecule has 3 aromatic carbocycles. The summed E-state index contributed by atoms with van der Waals surface area (Å²) in [5.74, 6) is 1.19. The van der Waals surface area contributed by atoms with E-state index < -0.39 is 15.9 Å². The SMILES string of the molecule is COc1ccc(N(C(=O)/C=C/c2ccc(OCCC(C)C)c(OC)c2)S(=O)(=O)c2ccccc2)cc1Cl. The van der Waals surface area contributed by atoms with Gasteiger partial charge in [-0.15, -0.1) is 0 Å². The molecule has 0 atom stereocenters. The van der Waals surface area contributed by atoms with Gasteiger partial charge in [-0.3, -0.25) is 4.79 Å². The average molecular weight is 544 g/mol. The molecule has 0 saturated carbocycles. The molecule has 0 aromatic heterocycles. The van der Waals surface area contributed by atoms with Gasteiger partial charge in [0.05, 0.1) is 36.4 Å². The van der Waals surface area contributed by atoms with Crippen molar-refractivity contribution in [2.75, 3.05) is 25.1 Å². The second-order valence-electron chi connectivity index (χ2n) is 8.51. The quantitative estimate of drug-likeness (QED) is 0.267. The molecule has 7 nitrogen and oxygen atoms in total. The minimum Gasteiger partial charge on any atom is -0.495 e. The molecule has 0 heterocycles. The lowest BCUT2D eigenvalue weighted by atomic mass is 10.1. The second-order valence-corrected chi connectivity index (χ2v) is 10.7. The van der Waals surface area contributed by atoms with Crippen LogP contribution in [0.4, 0.5) is 5.69 Å². The zero-order valence-electron chi connectivity index (χ0n) is 21.2. The van der Waals surface area contributed by atoms with E-state index >= 15 is 0 Å². The van der Waals surface area contributed by atoms with E-state index in [1.54, 1.807) is 36.4 Å². The number of anilines is 1. The highest BCUT2D eigenvalue weighted by atomic mass is 35.5. The van der Waals surface area contributed by atoms with Crippen molar-refractivity contribution in [1.82, 2.24) is 0 Å². The Morgan fingerprint density at radius 2 is 1.62 bits per heavy atom. The van der Waals surface area contributed by atoms with Crippen LogP contribution in [0.3, 0.4) is 0 Å². The Morgan fingerprint density at radius 1 is 0.946 bits per heavy atom. The van der Waals surface area contributed by atoms with Crippen LogP contribution in [0.15, 0.2) is 77.7 Å². The molecule has 0 aliphatic heterocycles. The molecule has 0 bridgehead atoms. The summed E-state index contributed by atoms with van der Waals surface area (Å²) < 4.78 is 44.1. The maximum atomic E-state index is 13.5. The molecule has 0 aliphatic rings. The summed E-state index contributed by atoms with van der Waals surface area (Å²) in [6.45, 7) is 4.79. The maximum Gasteiger partial charge on any atom is 0.271 e. The van der Waals surface area contributed by atoms with Crippen LogP contribution in [-0.4, -0.2) is 35.2 Å². The highest BCUT2D eigenvalue weighted by Crippen LogP contribution is 2.33. The van der Waals surface area contributed by atoms with Crippen LogP contribution in [0.2, 0.25) is 5.02 Å². The van der Waals surface area contributed by atoms with Crippen LogP contribution in [0.5, 0.6) is 17.2 Å². The van der Waals surface area contributed by atoms with Crippen LogP contribution < -0.4 is 18.5 Å². The van der Waals surface area contributed by atoms with Crippen LogP contribution >= 0.6 is 11.6 Å². The predicted molar refractivity (Wildman–Crippen MR) is 146 cm³/mol. The van der Waals surface area contributed by atoms with E-state index in [-0.39, 0.29) is 15.6 Å². The first-order chi connectivity index (χ1) is 17.7. The lowest BCUT2D eigenvalue weighted by Crippen LogP contribution is -2.35. The molecule has 3 aromatic rings. The number of sulfonamides is 1. The van der Waals surface area contributed by atoms with E-state index in [2.05, 4.69) is 13.8 Å². The molecule has 0 saturated heterocycles. The summed E-state index contributed by atoms with van der Waals surface area (Å²) in [5, 5.41) is 0.169. The number of halogens is 1. The van der Waals surface area contributed by atoms with Gasteiger partial charge in [0, 0.05) is 6.08 Å². The number of carbonyl (C=O) groups excluding carboxylic acids is 1. The van der Waals surface area contributed by atoms with Crippen molar-refractivity contribution >= 4 is 39.3 Å². The fourth-order valence-electron chi connectivity index (χ4n) is 3.41. The number of hydrogen-bond acceptors (Lipinski definition) is 6. The first-order valence-electron chi connectivity index (χ1n) is 11.6. The third-order valence-corrected chi connectivity index (χ3v) is 7.45. The van der Waals surface area contributed by atoms with Crippen molar-refractivity contribution in [3.8, 4) is 17.2 Å². The first kappa shape index (κ1) is 28.1. The number of ether oxygens (including phenoxy) is 3. The molecule has 3 rings (SSSR count). The number of amides is 1. The largest absolute Gasteiger partial charge is 0.495 e. The number of rotatable bonds is 11. The third-order valence-electron chi connectivity index (χ3n) is 5.41. The van der Waals surface area contributed by atoms with Gasteiger partial charge in [0.15, 0.2) is 11.5 Å². The Hall–Kier alpha value is -3.49. The third kappa shape index (κ3) is 7.05. The summed E-state index contributed by atoms with van der Waals surface area (Å²) in [7, 11) is -1.26. The van der Waals surface area contributed by atoms with Gasteiger partial charge in [-0.2, -0.15) is 4.31 Å². The highest BCUT2D eigenvalue weighted by molar-refractivity contribution is 7.93. The van der Waals surface area contributed by atoms with Gasteiger partial charge in [-0.1, -0.05) is 49.7 Å². The number of nitrogens with zero attached hydrogens (tertiary/aromatic N) is 1. The number of methoxy groups -OCH3 is 2. The summed E-state index contributed by atoms with van der Waals surface area (Å²) in [6.07, 6.45) is 3.61. The van der Waals surface area contributed by atoms with Gasteiger partial charge in [-0.25, -0.2) is 8.42 Å². The van der Waals surface area contributed by atoms with Crippen molar-refractivity contribution in [3.63, 3.8) is 0 Å². The molecule has 0 fully saturated rings. The van der Waals surface area contributed by atoms with E-state index in [1.807, 2.05) is 0 Å². The van der Waals surface area contributed by atoms with E-state index in [9.17, 15) is 13.2 Å². The van der Waals surface area contributed by atoms with Gasteiger partial charge >= 0.3 is 0 Å². The molecule has 0 spiro atoms. The molecule has 1 amide bonds. The molecule has 0 unspecified atom stereocenters. The van der Waals surface area contributed by atoms with Crippen molar-refractivity contribution in [1.29, 1.82) is 0 Å².